The Balaban J connectivity index is 1.70. The van der Waals surface area contributed by atoms with Crippen molar-refractivity contribution in [1.82, 2.24) is 10.2 Å². The van der Waals surface area contributed by atoms with Crippen LogP contribution in [0, 0.1) is 24.4 Å². The molecule has 5 nitrogen and oxygen atoms in total. The number of aryl methyl sites for hydroxylation is 1. The third-order valence-corrected chi connectivity index (χ3v) is 6.21. The van der Waals surface area contributed by atoms with Gasteiger partial charge in [-0.1, -0.05) is 32.3 Å². The molecule has 3 N–H and O–H groups in total. The van der Waals surface area contributed by atoms with E-state index >= 15 is 0 Å². The molecule has 0 spiro atoms. The summed E-state index contributed by atoms with van der Waals surface area (Å²) < 4.78 is 42.8. The molecule has 180 valence electrons. The van der Waals surface area contributed by atoms with Gasteiger partial charge in [-0.05, 0) is 56.6 Å². The van der Waals surface area contributed by atoms with Gasteiger partial charge in [-0.2, -0.15) is 0 Å². The van der Waals surface area contributed by atoms with Crippen molar-refractivity contribution in [3.63, 3.8) is 0 Å². The molecule has 1 aliphatic heterocycles. The number of halogens is 3. The maximum atomic E-state index is 14.6. The predicted molar refractivity (Wildman–Crippen MR) is 123 cm³/mol. The van der Waals surface area contributed by atoms with E-state index in [1.54, 1.807) is 13.0 Å². The van der Waals surface area contributed by atoms with Crippen LogP contribution in [0.2, 0.25) is 0 Å². The number of nitrogens with zero attached hydrogens (tertiary/aromatic N) is 1. The Labute approximate surface area is 193 Å². The van der Waals surface area contributed by atoms with E-state index < -0.39 is 34.6 Å². The van der Waals surface area contributed by atoms with Crippen LogP contribution in [0.4, 0.5) is 24.5 Å². The molecule has 1 heterocycles. The fraction of sp³-hybridized carbons (Fsp3) is 0.480. The third kappa shape index (κ3) is 5.68. The highest BCUT2D eigenvalue weighted by atomic mass is 19.2. The Hall–Kier alpha value is -2.58. The molecule has 2 aromatic rings. The van der Waals surface area contributed by atoms with Crippen molar-refractivity contribution in [3.8, 4) is 0 Å². The summed E-state index contributed by atoms with van der Waals surface area (Å²) >= 11 is 0. The summed E-state index contributed by atoms with van der Waals surface area (Å²) in [4.78, 5) is 14.4. The van der Waals surface area contributed by atoms with Crippen LogP contribution in [0.3, 0.4) is 0 Å². The van der Waals surface area contributed by atoms with Crippen molar-refractivity contribution in [1.29, 1.82) is 0 Å². The fourth-order valence-electron chi connectivity index (χ4n) is 3.97. The van der Waals surface area contributed by atoms with Gasteiger partial charge in [-0.15, -0.1) is 0 Å². The van der Waals surface area contributed by atoms with Crippen LogP contribution in [0.25, 0.3) is 0 Å². The lowest BCUT2D eigenvalue weighted by atomic mass is 9.86. The maximum absolute atomic E-state index is 14.6. The molecular weight excluding hydrogens is 431 g/mol. The average Bonchev–Trinajstić information content (AvgIpc) is 2.75. The number of likely N-dealkylation sites (tertiary alicyclic amines) is 1. The quantitative estimate of drug-likeness (QED) is 0.439. The summed E-state index contributed by atoms with van der Waals surface area (Å²) in [7, 11) is 0. The van der Waals surface area contributed by atoms with E-state index in [1.807, 2.05) is 6.92 Å². The SMILES string of the molecule is CCCCCCNC(C)C1(O)CN(C(=O)c2ccc(F)c(F)c2Nc2ccc(C)cc2F)C1. The smallest absolute Gasteiger partial charge is 0.256 e. The van der Waals surface area contributed by atoms with E-state index in [2.05, 4.69) is 17.6 Å². The number of nitrogens with one attached hydrogen (secondary N) is 2. The van der Waals surface area contributed by atoms with Gasteiger partial charge in [0, 0.05) is 6.04 Å². The lowest BCUT2D eigenvalue weighted by Crippen LogP contribution is -2.70. The van der Waals surface area contributed by atoms with Crippen molar-refractivity contribution in [2.45, 2.75) is 58.1 Å². The van der Waals surface area contributed by atoms with Gasteiger partial charge in [-0.25, -0.2) is 13.2 Å². The number of hydrogen-bond donors (Lipinski definition) is 3. The minimum absolute atomic E-state index is 0.0618. The monoisotopic (exact) mass is 463 g/mol. The van der Waals surface area contributed by atoms with Gasteiger partial charge in [0.05, 0.1) is 30.0 Å². The van der Waals surface area contributed by atoms with Crippen LogP contribution in [-0.4, -0.2) is 47.2 Å². The van der Waals surface area contributed by atoms with Gasteiger partial charge in [0.2, 0.25) is 0 Å². The molecule has 1 aliphatic rings. The molecule has 3 rings (SSSR count). The molecule has 1 unspecified atom stereocenters. The van der Waals surface area contributed by atoms with Crippen molar-refractivity contribution >= 4 is 17.3 Å². The number of rotatable bonds is 10. The van der Waals surface area contributed by atoms with Gasteiger partial charge in [0.15, 0.2) is 11.6 Å². The van der Waals surface area contributed by atoms with Crippen LogP contribution >= 0.6 is 0 Å². The van der Waals surface area contributed by atoms with E-state index in [9.17, 15) is 23.1 Å². The topological polar surface area (TPSA) is 64.6 Å². The zero-order chi connectivity index (χ0) is 24.2. The average molecular weight is 464 g/mol. The molecule has 0 bridgehead atoms. The van der Waals surface area contributed by atoms with Crippen LogP contribution in [-0.2, 0) is 0 Å². The Morgan fingerprint density at radius 1 is 1.12 bits per heavy atom. The standard InChI is InChI=1S/C25H32F3N3O2/c1-4-5-6-7-12-29-17(3)25(33)14-31(15-25)24(32)18-9-10-19(26)22(28)23(18)30-21-11-8-16(2)13-20(21)27/h8-11,13,17,29-30,33H,4-7,12,14-15H2,1-3H3. The van der Waals surface area contributed by atoms with Crippen LogP contribution in [0.5, 0.6) is 0 Å². The van der Waals surface area contributed by atoms with E-state index in [1.165, 1.54) is 29.5 Å². The molecule has 2 aromatic carbocycles. The maximum Gasteiger partial charge on any atom is 0.256 e. The first-order valence-electron chi connectivity index (χ1n) is 11.4. The number of anilines is 2. The Morgan fingerprint density at radius 2 is 1.85 bits per heavy atom. The summed E-state index contributed by atoms with van der Waals surface area (Å²) in [5, 5.41) is 16.7. The molecule has 1 fully saturated rings. The molecular formula is C25H32F3N3O2. The minimum Gasteiger partial charge on any atom is -0.385 e. The zero-order valence-electron chi connectivity index (χ0n) is 19.4. The number of carbonyl (C=O) groups is 1. The summed E-state index contributed by atoms with van der Waals surface area (Å²) in [6, 6.07) is 6.09. The molecule has 0 radical (unpaired) electrons. The molecule has 0 saturated carbocycles. The Kier molecular flexibility index (Phi) is 8.02. The van der Waals surface area contributed by atoms with E-state index in [4.69, 9.17) is 0 Å². The summed E-state index contributed by atoms with van der Waals surface area (Å²) in [5.74, 6) is -3.63. The molecule has 0 aliphatic carbocycles. The molecule has 1 saturated heterocycles. The Bertz CT molecular complexity index is 993. The van der Waals surface area contributed by atoms with E-state index in [0.717, 1.165) is 31.9 Å². The van der Waals surface area contributed by atoms with Crippen molar-refractivity contribution in [2.75, 3.05) is 25.0 Å². The van der Waals surface area contributed by atoms with Gasteiger partial charge in [-0.3, -0.25) is 4.79 Å². The highest BCUT2D eigenvalue weighted by molar-refractivity contribution is 6.01. The summed E-state index contributed by atoms with van der Waals surface area (Å²) in [6.07, 6.45) is 4.44. The van der Waals surface area contributed by atoms with Gasteiger partial charge in [0.25, 0.3) is 5.91 Å². The molecule has 1 atom stereocenters. The molecule has 1 amide bonds. The minimum atomic E-state index is -1.27. The lowest BCUT2D eigenvalue weighted by Gasteiger charge is -2.50. The fourth-order valence-corrected chi connectivity index (χ4v) is 3.97. The second-order valence-corrected chi connectivity index (χ2v) is 8.89. The third-order valence-electron chi connectivity index (χ3n) is 6.21. The van der Waals surface area contributed by atoms with Gasteiger partial charge < -0.3 is 20.6 Å². The molecule has 0 aromatic heterocycles. The first-order chi connectivity index (χ1) is 15.7. The number of β-amino-alcohol motifs (C(OH)–C–C–N with tert-alkyl or cyclic N) is 1. The van der Waals surface area contributed by atoms with Crippen LogP contribution in [0.15, 0.2) is 30.3 Å². The van der Waals surface area contributed by atoms with Crippen LogP contribution in [0.1, 0.15) is 55.5 Å². The summed E-state index contributed by atoms with van der Waals surface area (Å²) in [5.41, 5.74) is -1.06. The largest absolute Gasteiger partial charge is 0.385 e. The van der Waals surface area contributed by atoms with Gasteiger partial charge >= 0.3 is 0 Å². The van der Waals surface area contributed by atoms with Crippen molar-refractivity contribution in [3.05, 3.63) is 58.9 Å². The second-order valence-electron chi connectivity index (χ2n) is 8.89. The highest BCUT2D eigenvalue weighted by Crippen LogP contribution is 2.32. The highest BCUT2D eigenvalue weighted by Gasteiger charge is 2.48. The lowest BCUT2D eigenvalue weighted by molar-refractivity contribution is -0.100. The molecule has 33 heavy (non-hydrogen) atoms. The number of aliphatic hydroxyl groups is 1. The van der Waals surface area contributed by atoms with E-state index in [0.29, 0.717) is 5.56 Å². The molecule has 8 heteroatoms. The first kappa shape index (κ1) is 25.1. The normalized spacial score (nSPS) is 15.8. The number of carbonyl (C=O) groups excluding carboxylic acids is 1. The zero-order valence-corrected chi connectivity index (χ0v) is 19.4. The summed E-state index contributed by atoms with van der Waals surface area (Å²) in [6.45, 7) is 6.61. The number of amides is 1. The second kappa shape index (κ2) is 10.6. The van der Waals surface area contributed by atoms with Crippen LogP contribution < -0.4 is 10.6 Å². The first-order valence-corrected chi connectivity index (χ1v) is 11.4. The number of benzene rings is 2. The predicted octanol–water partition coefficient (Wildman–Crippen LogP) is 4.90. The number of unbranched alkanes of at least 4 members (excludes halogenated alkanes) is 3. The van der Waals surface area contributed by atoms with Crippen molar-refractivity contribution < 1.29 is 23.1 Å². The van der Waals surface area contributed by atoms with Gasteiger partial charge in [0.1, 0.15) is 11.4 Å². The number of hydrogen-bond acceptors (Lipinski definition) is 4. The van der Waals surface area contributed by atoms with Crippen molar-refractivity contribution in [2.24, 2.45) is 0 Å². The van der Waals surface area contributed by atoms with E-state index in [-0.39, 0.29) is 30.4 Å². The Morgan fingerprint density at radius 3 is 2.52 bits per heavy atom.